The molecule has 4 atom stereocenters. The third-order valence-corrected chi connectivity index (χ3v) is 4.68. The van der Waals surface area contributed by atoms with Crippen LogP contribution in [0.2, 0.25) is 0 Å². The lowest BCUT2D eigenvalue weighted by atomic mass is 10.0. The molecule has 1 aromatic carbocycles. The molecule has 2 heterocycles. The normalized spacial score (nSPS) is 27.5. The molecular weight excluding hydrogens is 333 g/mol. The van der Waals surface area contributed by atoms with Gasteiger partial charge >= 0.3 is 0 Å². The number of rotatable bonds is 5. The Labute approximate surface area is 140 Å². The summed E-state index contributed by atoms with van der Waals surface area (Å²) in [6, 6.07) is 7.30. The van der Waals surface area contributed by atoms with Crippen molar-refractivity contribution in [1.82, 2.24) is 4.98 Å². The molecule has 0 amide bonds. The van der Waals surface area contributed by atoms with Gasteiger partial charge in [-0.15, -0.1) is 0 Å². The summed E-state index contributed by atoms with van der Waals surface area (Å²) in [6.07, 6.45) is 0.636. The number of aliphatic hydroxyl groups is 2. The summed E-state index contributed by atoms with van der Waals surface area (Å²) in [7, 11) is -2.00. The van der Waals surface area contributed by atoms with E-state index in [4.69, 9.17) is 19.3 Å². The fourth-order valence-electron chi connectivity index (χ4n) is 2.73. The Bertz CT molecular complexity index is 684. The zero-order valence-corrected chi connectivity index (χ0v) is 13.8. The maximum Gasteiger partial charge on any atom is 0.228 e. The van der Waals surface area contributed by atoms with Crippen molar-refractivity contribution in [2.75, 3.05) is 6.16 Å². The van der Waals surface area contributed by atoms with Gasteiger partial charge in [0.15, 0.2) is 8.38 Å². The standard InChI is InChI=1S/C16H20NO6P/c18-14-8-13(4-6-24(20)21)23-16(15(14)19)22-12-2-1-10-3-5-17-9-11(10)7-12/h1-3,5,7,9,13-16,18-21H,4,6,8H2. The average molecular weight is 353 g/mol. The molecule has 4 N–H and O–H groups in total. The van der Waals surface area contributed by atoms with Gasteiger partial charge in [-0.2, -0.15) is 0 Å². The van der Waals surface area contributed by atoms with Gasteiger partial charge in [0.25, 0.3) is 0 Å². The van der Waals surface area contributed by atoms with Gasteiger partial charge in [0.05, 0.1) is 12.2 Å². The van der Waals surface area contributed by atoms with Crippen LogP contribution in [0.1, 0.15) is 12.8 Å². The second-order valence-corrected chi connectivity index (χ2v) is 7.00. The summed E-state index contributed by atoms with van der Waals surface area (Å²) in [5.41, 5.74) is 0. The van der Waals surface area contributed by atoms with E-state index in [2.05, 4.69) is 4.98 Å². The van der Waals surface area contributed by atoms with Crippen molar-refractivity contribution in [2.24, 2.45) is 0 Å². The lowest BCUT2D eigenvalue weighted by molar-refractivity contribution is -0.235. The smallest absolute Gasteiger partial charge is 0.228 e. The molecule has 2 aromatic rings. The summed E-state index contributed by atoms with van der Waals surface area (Å²) in [6.45, 7) is 0. The first-order valence-electron chi connectivity index (χ1n) is 7.70. The Kier molecular flexibility index (Phi) is 5.61. The van der Waals surface area contributed by atoms with Crippen molar-refractivity contribution in [2.45, 2.75) is 37.4 Å². The Morgan fingerprint density at radius 1 is 1.21 bits per heavy atom. The molecule has 1 aliphatic heterocycles. The lowest BCUT2D eigenvalue weighted by Crippen LogP contribution is -2.51. The van der Waals surface area contributed by atoms with Gasteiger partial charge in [-0.05, 0) is 30.0 Å². The summed E-state index contributed by atoms with van der Waals surface area (Å²) in [5.74, 6) is 0.499. The number of hydrogen-bond acceptors (Lipinski definition) is 7. The highest BCUT2D eigenvalue weighted by Crippen LogP contribution is 2.30. The summed E-state index contributed by atoms with van der Waals surface area (Å²) < 4.78 is 11.4. The van der Waals surface area contributed by atoms with Crippen molar-refractivity contribution in [1.29, 1.82) is 0 Å². The fourth-order valence-corrected chi connectivity index (χ4v) is 3.25. The molecule has 0 bridgehead atoms. The first-order valence-corrected chi connectivity index (χ1v) is 9.13. The minimum atomic E-state index is -2.00. The van der Waals surface area contributed by atoms with Crippen LogP contribution < -0.4 is 4.74 Å². The highest BCUT2D eigenvalue weighted by Gasteiger charge is 2.38. The minimum absolute atomic E-state index is 0.192. The number of benzene rings is 1. The highest BCUT2D eigenvalue weighted by molar-refractivity contribution is 7.45. The number of fused-ring (bicyclic) bond motifs is 1. The quantitative estimate of drug-likeness (QED) is 0.596. The molecule has 0 aliphatic carbocycles. The first kappa shape index (κ1) is 17.5. The first-order chi connectivity index (χ1) is 11.5. The maximum absolute atomic E-state index is 10.1. The van der Waals surface area contributed by atoms with Crippen LogP contribution in [-0.4, -0.2) is 55.7 Å². The monoisotopic (exact) mass is 353 g/mol. The van der Waals surface area contributed by atoms with Crippen molar-refractivity contribution >= 4 is 19.1 Å². The molecule has 0 saturated carbocycles. The minimum Gasteiger partial charge on any atom is -0.462 e. The average Bonchev–Trinajstić information content (AvgIpc) is 2.57. The topological polar surface area (TPSA) is 112 Å². The van der Waals surface area contributed by atoms with Crippen LogP contribution in [0, 0.1) is 0 Å². The van der Waals surface area contributed by atoms with Crippen LogP contribution in [0.4, 0.5) is 0 Å². The molecule has 1 saturated heterocycles. The number of aromatic nitrogens is 1. The Balaban J connectivity index is 1.70. The van der Waals surface area contributed by atoms with Gasteiger partial charge < -0.3 is 29.5 Å². The number of hydrogen-bond donors (Lipinski definition) is 4. The van der Waals surface area contributed by atoms with Gasteiger partial charge in [-0.25, -0.2) is 0 Å². The van der Waals surface area contributed by atoms with Crippen molar-refractivity contribution in [3.05, 3.63) is 36.7 Å². The Morgan fingerprint density at radius 3 is 2.83 bits per heavy atom. The summed E-state index contributed by atoms with van der Waals surface area (Å²) in [4.78, 5) is 22.1. The molecule has 8 heteroatoms. The van der Waals surface area contributed by atoms with Crippen LogP contribution in [0.25, 0.3) is 10.8 Å². The van der Waals surface area contributed by atoms with Gasteiger partial charge in [0.1, 0.15) is 11.9 Å². The zero-order chi connectivity index (χ0) is 17.1. The molecule has 1 aliphatic rings. The van der Waals surface area contributed by atoms with E-state index in [1.54, 1.807) is 24.5 Å². The predicted octanol–water partition coefficient (Wildman–Crippen LogP) is 1.14. The van der Waals surface area contributed by atoms with Crippen LogP contribution in [0.5, 0.6) is 5.75 Å². The van der Waals surface area contributed by atoms with E-state index in [0.717, 1.165) is 10.8 Å². The Hall–Kier alpha value is -1.34. The largest absolute Gasteiger partial charge is 0.462 e. The van der Waals surface area contributed by atoms with E-state index in [1.807, 2.05) is 12.1 Å². The molecule has 3 rings (SSSR count). The summed E-state index contributed by atoms with van der Waals surface area (Å²) in [5, 5.41) is 22.0. The fraction of sp³-hybridized carbons (Fsp3) is 0.438. The van der Waals surface area contributed by atoms with Crippen molar-refractivity contribution < 1.29 is 29.5 Å². The Morgan fingerprint density at radius 2 is 2.04 bits per heavy atom. The number of nitrogens with zero attached hydrogens (tertiary/aromatic N) is 1. The van der Waals surface area contributed by atoms with Crippen LogP contribution in [0.15, 0.2) is 36.7 Å². The van der Waals surface area contributed by atoms with E-state index in [0.29, 0.717) is 12.2 Å². The van der Waals surface area contributed by atoms with E-state index in [1.165, 1.54) is 0 Å². The SMILES string of the molecule is OC1CC(CCP(O)O)OC(Oc2ccc3ccncc3c2)C1O. The highest BCUT2D eigenvalue weighted by atomic mass is 31.2. The van der Waals surface area contributed by atoms with Gasteiger partial charge in [0, 0.05) is 30.4 Å². The van der Waals surface area contributed by atoms with Gasteiger partial charge in [-0.3, -0.25) is 4.98 Å². The molecular formula is C16H20NO6P. The molecule has 24 heavy (non-hydrogen) atoms. The second-order valence-electron chi connectivity index (χ2n) is 5.81. The van der Waals surface area contributed by atoms with Crippen molar-refractivity contribution in [3.63, 3.8) is 0 Å². The van der Waals surface area contributed by atoms with Gasteiger partial charge in [0.2, 0.25) is 6.29 Å². The van der Waals surface area contributed by atoms with E-state index >= 15 is 0 Å². The third-order valence-electron chi connectivity index (χ3n) is 4.02. The van der Waals surface area contributed by atoms with Crippen LogP contribution in [0.3, 0.4) is 0 Å². The van der Waals surface area contributed by atoms with E-state index < -0.39 is 33.0 Å². The van der Waals surface area contributed by atoms with Crippen LogP contribution >= 0.6 is 8.38 Å². The molecule has 0 radical (unpaired) electrons. The number of aliphatic hydroxyl groups excluding tert-OH is 2. The third kappa shape index (κ3) is 4.19. The van der Waals surface area contributed by atoms with E-state index in [-0.39, 0.29) is 12.6 Å². The zero-order valence-electron chi connectivity index (χ0n) is 12.9. The van der Waals surface area contributed by atoms with Crippen molar-refractivity contribution in [3.8, 4) is 5.75 Å². The molecule has 1 aromatic heterocycles. The molecule has 1 fully saturated rings. The predicted molar refractivity (Wildman–Crippen MR) is 88.5 cm³/mol. The molecule has 0 spiro atoms. The molecule has 7 nitrogen and oxygen atoms in total. The summed E-state index contributed by atoms with van der Waals surface area (Å²) >= 11 is 0. The van der Waals surface area contributed by atoms with Crippen LogP contribution in [-0.2, 0) is 4.74 Å². The van der Waals surface area contributed by atoms with E-state index in [9.17, 15) is 10.2 Å². The number of pyridine rings is 1. The maximum atomic E-state index is 10.1. The molecule has 4 unspecified atom stereocenters. The second kappa shape index (κ2) is 7.70. The molecule has 130 valence electrons. The number of ether oxygens (including phenoxy) is 2. The van der Waals surface area contributed by atoms with Gasteiger partial charge in [-0.1, -0.05) is 6.07 Å². The lowest BCUT2D eigenvalue weighted by Gasteiger charge is -2.37.